The highest BCUT2D eigenvalue weighted by molar-refractivity contribution is 5.94. The highest BCUT2D eigenvalue weighted by Crippen LogP contribution is 2.15. The molecule has 130 valence electrons. The maximum Gasteiger partial charge on any atom is 0.251 e. The van der Waals surface area contributed by atoms with Crippen molar-refractivity contribution < 1.29 is 9.21 Å². The molecule has 2 heterocycles. The number of para-hydroxylation sites is 2. The zero-order valence-corrected chi connectivity index (χ0v) is 14.6. The summed E-state index contributed by atoms with van der Waals surface area (Å²) in [5.74, 6) is 0.311. The Balaban J connectivity index is 1.45. The topological polar surface area (TPSA) is 73.0 Å². The maximum absolute atomic E-state index is 12.3. The van der Waals surface area contributed by atoms with Crippen LogP contribution in [0.4, 0.5) is 0 Å². The molecule has 0 saturated heterocycles. The van der Waals surface area contributed by atoms with E-state index in [1.165, 1.54) is 0 Å². The van der Waals surface area contributed by atoms with Crippen molar-refractivity contribution in [3.63, 3.8) is 0 Å². The summed E-state index contributed by atoms with van der Waals surface area (Å²) < 4.78 is 7.47. The molecule has 1 N–H and O–H groups in total. The lowest BCUT2D eigenvalue weighted by molar-refractivity contribution is 0.0947. The molecular formula is C20H18N4O2. The summed E-state index contributed by atoms with van der Waals surface area (Å²) in [7, 11) is 0. The van der Waals surface area contributed by atoms with Crippen molar-refractivity contribution in [2.45, 2.75) is 20.4 Å². The number of amides is 1. The Bertz CT molecular complexity index is 1040. The largest absolute Gasteiger partial charge is 0.439 e. The zero-order chi connectivity index (χ0) is 18.1. The van der Waals surface area contributed by atoms with Gasteiger partial charge in [-0.05, 0) is 56.3 Å². The summed E-state index contributed by atoms with van der Waals surface area (Å²) in [5.41, 5.74) is 5.01. The molecule has 0 radical (unpaired) electrons. The van der Waals surface area contributed by atoms with Crippen LogP contribution < -0.4 is 5.32 Å². The number of fused-ring (bicyclic) bond motifs is 1. The number of carbonyl (C=O) groups excluding carboxylic acids is 1. The van der Waals surface area contributed by atoms with E-state index in [2.05, 4.69) is 15.4 Å². The lowest BCUT2D eigenvalue weighted by atomic mass is 10.2. The van der Waals surface area contributed by atoms with Gasteiger partial charge in [-0.1, -0.05) is 12.1 Å². The van der Waals surface area contributed by atoms with E-state index in [0.717, 1.165) is 22.6 Å². The van der Waals surface area contributed by atoms with Gasteiger partial charge in [0.2, 0.25) is 5.89 Å². The molecule has 2 aromatic carbocycles. The average molecular weight is 346 g/mol. The SMILES string of the molecule is Cc1cc(C)n(-c2ccc(C(=O)NCc3nc4ccccc4o3)cc2)n1. The first-order valence-electron chi connectivity index (χ1n) is 8.36. The van der Waals surface area contributed by atoms with Crippen LogP contribution in [-0.4, -0.2) is 20.7 Å². The first-order valence-corrected chi connectivity index (χ1v) is 8.36. The Labute approximate surface area is 150 Å². The fourth-order valence-corrected chi connectivity index (χ4v) is 2.90. The fraction of sp³-hybridized carbons (Fsp3) is 0.150. The minimum Gasteiger partial charge on any atom is -0.439 e. The summed E-state index contributed by atoms with van der Waals surface area (Å²) in [6.07, 6.45) is 0. The van der Waals surface area contributed by atoms with Crippen molar-refractivity contribution in [3.8, 4) is 5.69 Å². The second-order valence-electron chi connectivity index (χ2n) is 6.14. The van der Waals surface area contributed by atoms with Gasteiger partial charge in [0.1, 0.15) is 5.52 Å². The fourth-order valence-electron chi connectivity index (χ4n) is 2.90. The third kappa shape index (κ3) is 3.09. The van der Waals surface area contributed by atoms with Crippen LogP contribution in [0.1, 0.15) is 27.6 Å². The quantitative estimate of drug-likeness (QED) is 0.613. The molecule has 26 heavy (non-hydrogen) atoms. The number of hydrogen-bond acceptors (Lipinski definition) is 4. The number of nitrogens with one attached hydrogen (secondary N) is 1. The number of carbonyl (C=O) groups is 1. The highest BCUT2D eigenvalue weighted by atomic mass is 16.3. The van der Waals surface area contributed by atoms with Gasteiger partial charge in [0.15, 0.2) is 5.58 Å². The van der Waals surface area contributed by atoms with Crippen LogP contribution in [0.15, 0.2) is 59.0 Å². The van der Waals surface area contributed by atoms with Crippen LogP contribution in [0, 0.1) is 13.8 Å². The second-order valence-corrected chi connectivity index (χ2v) is 6.14. The Morgan fingerprint density at radius 3 is 2.58 bits per heavy atom. The van der Waals surface area contributed by atoms with Crippen LogP contribution in [0.3, 0.4) is 0 Å². The van der Waals surface area contributed by atoms with E-state index in [0.29, 0.717) is 17.0 Å². The smallest absolute Gasteiger partial charge is 0.251 e. The summed E-state index contributed by atoms with van der Waals surface area (Å²) >= 11 is 0. The maximum atomic E-state index is 12.3. The van der Waals surface area contributed by atoms with Gasteiger partial charge in [-0.15, -0.1) is 0 Å². The van der Waals surface area contributed by atoms with E-state index in [-0.39, 0.29) is 12.5 Å². The Morgan fingerprint density at radius 2 is 1.88 bits per heavy atom. The van der Waals surface area contributed by atoms with Crippen molar-refractivity contribution in [1.82, 2.24) is 20.1 Å². The summed E-state index contributed by atoms with van der Waals surface area (Å²) in [6.45, 7) is 4.20. The van der Waals surface area contributed by atoms with Crippen LogP contribution in [-0.2, 0) is 6.54 Å². The van der Waals surface area contributed by atoms with Crippen LogP contribution in [0.25, 0.3) is 16.8 Å². The number of aryl methyl sites for hydroxylation is 2. The summed E-state index contributed by atoms with van der Waals surface area (Å²) in [4.78, 5) is 16.7. The number of benzene rings is 2. The molecule has 0 spiro atoms. The van der Waals surface area contributed by atoms with Gasteiger partial charge in [0, 0.05) is 11.3 Å². The van der Waals surface area contributed by atoms with Crippen LogP contribution in [0.5, 0.6) is 0 Å². The van der Waals surface area contributed by atoms with Crippen LogP contribution in [0.2, 0.25) is 0 Å². The molecule has 0 atom stereocenters. The number of rotatable bonds is 4. The van der Waals surface area contributed by atoms with Gasteiger partial charge in [-0.25, -0.2) is 9.67 Å². The minimum absolute atomic E-state index is 0.174. The first kappa shape index (κ1) is 16.1. The molecule has 1 amide bonds. The van der Waals surface area contributed by atoms with E-state index < -0.39 is 0 Å². The Kier molecular flexibility index (Phi) is 4.01. The zero-order valence-electron chi connectivity index (χ0n) is 14.6. The normalized spacial score (nSPS) is 11.0. The summed E-state index contributed by atoms with van der Waals surface area (Å²) in [6, 6.07) is 16.9. The molecule has 0 unspecified atom stereocenters. The molecule has 0 aliphatic carbocycles. The van der Waals surface area contributed by atoms with Crippen molar-refractivity contribution in [2.24, 2.45) is 0 Å². The number of oxazole rings is 1. The summed E-state index contributed by atoms with van der Waals surface area (Å²) in [5, 5.41) is 7.28. The van der Waals surface area contributed by atoms with Gasteiger partial charge in [-0.2, -0.15) is 5.10 Å². The molecule has 0 saturated carbocycles. The van der Waals surface area contributed by atoms with Gasteiger partial charge in [0.05, 0.1) is 17.9 Å². The third-order valence-corrected chi connectivity index (χ3v) is 4.12. The van der Waals surface area contributed by atoms with Crippen molar-refractivity contribution >= 4 is 17.0 Å². The lowest BCUT2D eigenvalue weighted by Gasteiger charge is -2.06. The van der Waals surface area contributed by atoms with Crippen molar-refractivity contribution in [1.29, 1.82) is 0 Å². The Hall–Kier alpha value is -3.41. The molecule has 0 fully saturated rings. The molecule has 0 aliphatic rings. The number of hydrogen-bond donors (Lipinski definition) is 1. The monoisotopic (exact) mass is 346 g/mol. The molecule has 4 aromatic rings. The minimum atomic E-state index is -0.174. The second kappa shape index (κ2) is 6.48. The molecule has 4 rings (SSSR count). The van der Waals surface area contributed by atoms with E-state index in [1.54, 1.807) is 12.1 Å². The van der Waals surface area contributed by atoms with E-state index in [1.807, 2.05) is 61.0 Å². The Morgan fingerprint density at radius 1 is 1.12 bits per heavy atom. The van der Waals surface area contributed by atoms with Gasteiger partial charge >= 0.3 is 0 Å². The highest BCUT2D eigenvalue weighted by Gasteiger charge is 2.10. The van der Waals surface area contributed by atoms with Gasteiger partial charge in [0.25, 0.3) is 5.91 Å². The molecule has 0 aliphatic heterocycles. The standard InChI is InChI=1S/C20H18N4O2/c1-13-11-14(2)24(23-13)16-9-7-15(8-10-16)20(25)21-12-19-22-17-5-3-4-6-18(17)26-19/h3-11H,12H2,1-2H3,(H,21,25). The molecule has 0 bridgehead atoms. The third-order valence-electron chi connectivity index (χ3n) is 4.12. The first-order chi connectivity index (χ1) is 12.6. The van der Waals surface area contributed by atoms with E-state index >= 15 is 0 Å². The predicted molar refractivity (Wildman–Crippen MR) is 98.2 cm³/mol. The number of aromatic nitrogens is 3. The van der Waals surface area contributed by atoms with Gasteiger partial charge < -0.3 is 9.73 Å². The predicted octanol–water partition coefficient (Wildman–Crippen LogP) is 3.56. The van der Waals surface area contributed by atoms with Gasteiger partial charge in [-0.3, -0.25) is 4.79 Å². The van der Waals surface area contributed by atoms with Crippen molar-refractivity contribution in [3.05, 3.63) is 77.4 Å². The molecule has 2 aromatic heterocycles. The average Bonchev–Trinajstić information content (AvgIpc) is 3.22. The molecular weight excluding hydrogens is 328 g/mol. The van der Waals surface area contributed by atoms with Crippen molar-refractivity contribution in [2.75, 3.05) is 0 Å². The lowest BCUT2D eigenvalue weighted by Crippen LogP contribution is -2.22. The van der Waals surface area contributed by atoms with E-state index in [9.17, 15) is 4.79 Å². The molecule has 6 nitrogen and oxygen atoms in total. The van der Waals surface area contributed by atoms with Crippen LogP contribution >= 0.6 is 0 Å². The molecule has 6 heteroatoms. The number of nitrogens with zero attached hydrogens (tertiary/aromatic N) is 3. The van der Waals surface area contributed by atoms with E-state index in [4.69, 9.17) is 4.42 Å².